The smallest absolute Gasteiger partial charge is 0.273 e. The van der Waals surface area contributed by atoms with Gasteiger partial charge in [0.05, 0.1) is 4.92 Å². The van der Waals surface area contributed by atoms with E-state index in [4.69, 9.17) is 0 Å². The van der Waals surface area contributed by atoms with E-state index in [0.717, 1.165) is 24.3 Å². The molecule has 0 aliphatic carbocycles. The molecule has 1 unspecified atom stereocenters. The third-order valence-corrected chi connectivity index (χ3v) is 2.77. The molecule has 0 amide bonds. The molecule has 0 bridgehead atoms. The van der Waals surface area contributed by atoms with Crippen LogP contribution in [0.3, 0.4) is 0 Å². The van der Waals surface area contributed by atoms with Gasteiger partial charge in [0.2, 0.25) is 0 Å². The molecule has 0 fully saturated rings. The number of nitrogens with one attached hydrogen (secondary N) is 2. The number of non-ortho nitro benzene ring substituents is 1. The quantitative estimate of drug-likeness (QED) is 0.589. The van der Waals surface area contributed by atoms with Crippen molar-refractivity contribution in [3.05, 3.63) is 28.3 Å². The molecule has 0 aromatic heterocycles. The van der Waals surface area contributed by atoms with Gasteiger partial charge in [-0.05, 0) is 12.0 Å². The Morgan fingerprint density at radius 3 is 2.53 bits per heavy atom. The molecule has 1 aromatic carbocycles. The molecule has 0 spiro atoms. The molecule has 94 valence electrons. The first-order valence-electron chi connectivity index (χ1n) is 5.78. The van der Waals surface area contributed by atoms with Gasteiger partial charge in [0.1, 0.15) is 0 Å². The molecular formula is C12H19N3O2. The van der Waals surface area contributed by atoms with Gasteiger partial charge in [-0.1, -0.05) is 20.3 Å². The van der Waals surface area contributed by atoms with Crippen molar-refractivity contribution in [3.63, 3.8) is 0 Å². The lowest BCUT2D eigenvalue weighted by molar-refractivity contribution is -0.384. The SMILES string of the molecule is CCC(C)CNc1cc(NC)cc([N+](=O)[O-])c1. The van der Waals surface area contributed by atoms with E-state index in [9.17, 15) is 10.1 Å². The summed E-state index contributed by atoms with van der Waals surface area (Å²) in [6.07, 6.45) is 1.08. The van der Waals surface area contributed by atoms with Crippen LogP contribution in [0.5, 0.6) is 0 Å². The fourth-order valence-corrected chi connectivity index (χ4v) is 1.40. The average Bonchev–Trinajstić information content (AvgIpc) is 2.35. The van der Waals surface area contributed by atoms with Crippen molar-refractivity contribution in [2.75, 3.05) is 24.2 Å². The monoisotopic (exact) mass is 237 g/mol. The summed E-state index contributed by atoms with van der Waals surface area (Å²) in [6, 6.07) is 4.95. The van der Waals surface area contributed by atoms with Crippen molar-refractivity contribution >= 4 is 17.1 Å². The normalized spacial score (nSPS) is 11.9. The van der Waals surface area contributed by atoms with Crippen molar-refractivity contribution in [2.45, 2.75) is 20.3 Å². The molecule has 0 saturated heterocycles. The van der Waals surface area contributed by atoms with Crippen molar-refractivity contribution in [1.29, 1.82) is 0 Å². The number of benzene rings is 1. The second kappa shape index (κ2) is 6.08. The molecule has 1 aromatic rings. The maximum Gasteiger partial charge on any atom is 0.273 e. The third-order valence-electron chi connectivity index (χ3n) is 2.77. The lowest BCUT2D eigenvalue weighted by Gasteiger charge is -2.12. The molecule has 0 radical (unpaired) electrons. The Morgan fingerprint density at radius 2 is 2.00 bits per heavy atom. The first-order chi connectivity index (χ1) is 8.06. The Kier molecular flexibility index (Phi) is 4.75. The van der Waals surface area contributed by atoms with Crippen LogP contribution >= 0.6 is 0 Å². The zero-order valence-electron chi connectivity index (χ0n) is 10.5. The number of nitro benzene ring substituents is 1. The minimum atomic E-state index is -0.380. The van der Waals surface area contributed by atoms with Crippen LogP contribution in [-0.4, -0.2) is 18.5 Å². The first kappa shape index (κ1) is 13.3. The molecular weight excluding hydrogens is 218 g/mol. The van der Waals surface area contributed by atoms with Gasteiger partial charge < -0.3 is 10.6 Å². The molecule has 17 heavy (non-hydrogen) atoms. The summed E-state index contributed by atoms with van der Waals surface area (Å²) in [5, 5.41) is 16.9. The minimum absolute atomic E-state index is 0.100. The van der Waals surface area contributed by atoms with E-state index in [1.807, 2.05) is 6.07 Å². The summed E-state index contributed by atoms with van der Waals surface area (Å²) < 4.78 is 0. The predicted octanol–water partition coefficient (Wildman–Crippen LogP) is 3.09. The first-order valence-corrected chi connectivity index (χ1v) is 5.78. The second-order valence-electron chi connectivity index (χ2n) is 4.17. The van der Waals surface area contributed by atoms with Crippen molar-refractivity contribution in [2.24, 2.45) is 5.92 Å². The minimum Gasteiger partial charge on any atom is -0.388 e. The number of rotatable bonds is 6. The molecule has 5 nitrogen and oxygen atoms in total. The highest BCUT2D eigenvalue weighted by atomic mass is 16.6. The summed E-state index contributed by atoms with van der Waals surface area (Å²) in [5.41, 5.74) is 1.62. The third kappa shape index (κ3) is 3.94. The second-order valence-corrected chi connectivity index (χ2v) is 4.17. The summed E-state index contributed by atoms with van der Waals surface area (Å²) in [7, 11) is 1.75. The van der Waals surface area contributed by atoms with Crippen LogP contribution in [-0.2, 0) is 0 Å². The Hall–Kier alpha value is -1.78. The maximum atomic E-state index is 10.8. The number of nitrogens with zero attached hydrogens (tertiary/aromatic N) is 1. The van der Waals surface area contributed by atoms with E-state index in [0.29, 0.717) is 5.92 Å². The Bertz CT molecular complexity index is 393. The highest BCUT2D eigenvalue weighted by molar-refractivity contribution is 5.63. The average molecular weight is 237 g/mol. The van der Waals surface area contributed by atoms with Crippen LogP contribution < -0.4 is 10.6 Å². The molecule has 0 heterocycles. The van der Waals surface area contributed by atoms with Gasteiger partial charge in [0, 0.05) is 37.1 Å². The van der Waals surface area contributed by atoms with Gasteiger partial charge in [0.15, 0.2) is 0 Å². The Morgan fingerprint density at radius 1 is 1.35 bits per heavy atom. The fourth-order valence-electron chi connectivity index (χ4n) is 1.40. The Labute approximate surface area is 101 Å². The zero-order chi connectivity index (χ0) is 12.8. The lowest BCUT2D eigenvalue weighted by atomic mass is 10.1. The summed E-state index contributed by atoms with van der Waals surface area (Å²) in [4.78, 5) is 10.4. The highest BCUT2D eigenvalue weighted by Gasteiger charge is 2.09. The van der Waals surface area contributed by atoms with Gasteiger partial charge in [0.25, 0.3) is 5.69 Å². The van der Waals surface area contributed by atoms with E-state index in [2.05, 4.69) is 24.5 Å². The summed E-state index contributed by atoms with van der Waals surface area (Å²) >= 11 is 0. The van der Waals surface area contributed by atoms with Crippen LogP contribution in [0.2, 0.25) is 0 Å². The van der Waals surface area contributed by atoms with Crippen LogP contribution in [0.15, 0.2) is 18.2 Å². The zero-order valence-corrected chi connectivity index (χ0v) is 10.5. The predicted molar refractivity (Wildman–Crippen MR) is 70.6 cm³/mol. The molecule has 5 heteroatoms. The number of anilines is 2. The van der Waals surface area contributed by atoms with E-state index in [-0.39, 0.29) is 10.6 Å². The van der Waals surface area contributed by atoms with Crippen molar-refractivity contribution in [1.82, 2.24) is 0 Å². The molecule has 1 atom stereocenters. The molecule has 0 saturated carbocycles. The number of hydrogen-bond acceptors (Lipinski definition) is 4. The maximum absolute atomic E-state index is 10.8. The molecule has 0 aliphatic heterocycles. The molecule has 1 rings (SSSR count). The van der Waals surface area contributed by atoms with Gasteiger partial charge in [-0.25, -0.2) is 0 Å². The van der Waals surface area contributed by atoms with Crippen molar-refractivity contribution in [3.8, 4) is 0 Å². The van der Waals surface area contributed by atoms with Crippen LogP contribution in [0, 0.1) is 16.0 Å². The van der Waals surface area contributed by atoms with Gasteiger partial charge in [-0.2, -0.15) is 0 Å². The summed E-state index contributed by atoms with van der Waals surface area (Å²) in [6.45, 7) is 5.09. The lowest BCUT2D eigenvalue weighted by Crippen LogP contribution is -2.10. The number of nitro groups is 1. The van der Waals surface area contributed by atoms with E-state index in [1.54, 1.807) is 13.1 Å². The highest BCUT2D eigenvalue weighted by Crippen LogP contribution is 2.24. The standard InChI is InChI=1S/C12H19N3O2/c1-4-9(2)8-14-11-5-10(13-3)6-12(7-11)15(16)17/h5-7,9,13-14H,4,8H2,1-3H3. The van der Waals surface area contributed by atoms with E-state index in [1.165, 1.54) is 6.07 Å². The number of hydrogen-bond donors (Lipinski definition) is 2. The van der Waals surface area contributed by atoms with Crippen LogP contribution in [0.4, 0.5) is 17.1 Å². The topological polar surface area (TPSA) is 67.2 Å². The Balaban J connectivity index is 2.83. The van der Waals surface area contributed by atoms with Gasteiger partial charge >= 0.3 is 0 Å². The van der Waals surface area contributed by atoms with E-state index < -0.39 is 0 Å². The van der Waals surface area contributed by atoms with E-state index >= 15 is 0 Å². The molecule has 2 N–H and O–H groups in total. The van der Waals surface area contributed by atoms with Gasteiger partial charge in [-0.15, -0.1) is 0 Å². The molecule has 0 aliphatic rings. The van der Waals surface area contributed by atoms with Gasteiger partial charge in [-0.3, -0.25) is 10.1 Å². The van der Waals surface area contributed by atoms with Crippen molar-refractivity contribution < 1.29 is 4.92 Å². The summed E-state index contributed by atoms with van der Waals surface area (Å²) in [5.74, 6) is 0.548. The largest absolute Gasteiger partial charge is 0.388 e. The van der Waals surface area contributed by atoms with Crippen LogP contribution in [0.25, 0.3) is 0 Å². The fraction of sp³-hybridized carbons (Fsp3) is 0.500. The van der Waals surface area contributed by atoms with Crippen LogP contribution in [0.1, 0.15) is 20.3 Å².